The lowest BCUT2D eigenvalue weighted by molar-refractivity contribution is 0.316. The fraction of sp³-hybridized carbons (Fsp3) is 0.455. The van der Waals surface area contributed by atoms with Gasteiger partial charge in [0.2, 0.25) is 0 Å². The Hall–Kier alpha value is -0.980. The van der Waals surface area contributed by atoms with E-state index in [1.807, 2.05) is 13.0 Å². The first-order valence-electron chi connectivity index (χ1n) is 4.35. The van der Waals surface area contributed by atoms with Crippen molar-refractivity contribution in [2.45, 2.75) is 27.2 Å². The van der Waals surface area contributed by atoms with Crippen molar-refractivity contribution in [3.8, 4) is 5.75 Å². The van der Waals surface area contributed by atoms with Crippen LogP contribution in [0, 0.1) is 19.9 Å². The fourth-order valence-electron chi connectivity index (χ4n) is 1.15. The first kappa shape index (κ1) is 9.11. The van der Waals surface area contributed by atoms with Crippen LogP contribution in [0.4, 0.5) is 0 Å². The van der Waals surface area contributed by atoms with Gasteiger partial charge in [-0.1, -0.05) is 13.0 Å². The van der Waals surface area contributed by atoms with Gasteiger partial charge in [0, 0.05) is 6.07 Å². The van der Waals surface area contributed by atoms with Gasteiger partial charge in [-0.2, -0.15) is 0 Å². The smallest absolute Gasteiger partial charge is 0.127 e. The van der Waals surface area contributed by atoms with E-state index in [2.05, 4.69) is 26.0 Å². The Kier molecular flexibility index (Phi) is 3.15. The van der Waals surface area contributed by atoms with Crippen LogP contribution in [0.25, 0.3) is 0 Å². The predicted octanol–water partition coefficient (Wildman–Crippen LogP) is 2.89. The van der Waals surface area contributed by atoms with Crippen molar-refractivity contribution < 1.29 is 4.74 Å². The maximum absolute atomic E-state index is 5.46. The van der Waals surface area contributed by atoms with E-state index >= 15 is 0 Å². The molecule has 0 bridgehead atoms. The average molecular weight is 163 g/mol. The summed E-state index contributed by atoms with van der Waals surface area (Å²) in [5.74, 6) is 0.870. The number of aryl methyl sites for hydroxylation is 2. The topological polar surface area (TPSA) is 9.23 Å². The molecule has 0 atom stereocenters. The van der Waals surface area contributed by atoms with Crippen molar-refractivity contribution in [1.29, 1.82) is 0 Å². The molecule has 0 N–H and O–H groups in total. The summed E-state index contributed by atoms with van der Waals surface area (Å²) in [7, 11) is 0. The van der Waals surface area contributed by atoms with Crippen LogP contribution in [0.3, 0.4) is 0 Å². The third-order valence-electron chi connectivity index (χ3n) is 1.58. The monoisotopic (exact) mass is 163 g/mol. The normalized spacial score (nSPS) is 9.92. The Bertz CT molecular complexity index is 233. The quantitative estimate of drug-likeness (QED) is 0.665. The highest BCUT2D eigenvalue weighted by Gasteiger charge is 1.95. The van der Waals surface area contributed by atoms with Crippen molar-refractivity contribution >= 4 is 0 Å². The molecule has 0 saturated carbocycles. The van der Waals surface area contributed by atoms with Gasteiger partial charge < -0.3 is 4.74 Å². The lowest BCUT2D eigenvalue weighted by Crippen LogP contribution is -1.95. The molecule has 1 aromatic carbocycles. The zero-order chi connectivity index (χ0) is 8.97. The number of ether oxygens (including phenoxy) is 1. The molecule has 0 unspecified atom stereocenters. The summed E-state index contributed by atoms with van der Waals surface area (Å²) in [6.07, 6.45) is 1.04. The highest BCUT2D eigenvalue weighted by molar-refractivity contribution is 5.31. The van der Waals surface area contributed by atoms with Gasteiger partial charge >= 0.3 is 0 Å². The summed E-state index contributed by atoms with van der Waals surface area (Å²) in [6.45, 7) is 6.98. The van der Waals surface area contributed by atoms with Gasteiger partial charge in [0.05, 0.1) is 6.61 Å². The van der Waals surface area contributed by atoms with Gasteiger partial charge in [0.1, 0.15) is 5.75 Å². The van der Waals surface area contributed by atoms with E-state index in [0.717, 1.165) is 24.3 Å². The molecule has 65 valence electrons. The summed E-state index contributed by atoms with van der Waals surface area (Å²) in [6, 6.07) is 7.27. The molecule has 0 amide bonds. The van der Waals surface area contributed by atoms with E-state index in [4.69, 9.17) is 4.74 Å². The average Bonchev–Trinajstić information content (AvgIpc) is 1.99. The second-order valence-electron chi connectivity index (χ2n) is 3.05. The maximum Gasteiger partial charge on any atom is 0.127 e. The third-order valence-corrected chi connectivity index (χ3v) is 1.58. The largest absolute Gasteiger partial charge is 0.493 e. The molecule has 1 nitrogen and oxygen atoms in total. The van der Waals surface area contributed by atoms with Crippen molar-refractivity contribution in [2.24, 2.45) is 0 Å². The van der Waals surface area contributed by atoms with E-state index in [0.29, 0.717) is 0 Å². The van der Waals surface area contributed by atoms with E-state index in [9.17, 15) is 0 Å². The fourth-order valence-corrected chi connectivity index (χ4v) is 1.15. The van der Waals surface area contributed by atoms with Crippen LogP contribution >= 0.6 is 0 Å². The minimum absolute atomic E-state index is 0.777. The number of hydrogen-bond donors (Lipinski definition) is 0. The first-order chi connectivity index (χ1) is 5.72. The van der Waals surface area contributed by atoms with E-state index in [1.54, 1.807) is 0 Å². The van der Waals surface area contributed by atoms with Crippen LogP contribution in [-0.2, 0) is 0 Å². The van der Waals surface area contributed by atoms with Gasteiger partial charge in [-0.05, 0) is 37.5 Å². The molecule has 0 saturated heterocycles. The summed E-state index contributed by atoms with van der Waals surface area (Å²) in [4.78, 5) is 0. The molecule has 0 spiro atoms. The molecular formula is C11H15O. The Morgan fingerprint density at radius 1 is 1.33 bits per heavy atom. The van der Waals surface area contributed by atoms with Crippen LogP contribution in [0.1, 0.15) is 24.5 Å². The van der Waals surface area contributed by atoms with E-state index < -0.39 is 0 Å². The molecule has 0 aliphatic carbocycles. The number of rotatable bonds is 3. The van der Waals surface area contributed by atoms with Crippen molar-refractivity contribution in [1.82, 2.24) is 0 Å². The van der Waals surface area contributed by atoms with E-state index in [1.165, 1.54) is 5.56 Å². The van der Waals surface area contributed by atoms with Crippen molar-refractivity contribution in [2.75, 3.05) is 6.61 Å². The number of hydrogen-bond acceptors (Lipinski definition) is 1. The van der Waals surface area contributed by atoms with Crippen LogP contribution in [-0.4, -0.2) is 6.61 Å². The Labute approximate surface area is 74.4 Å². The predicted molar refractivity (Wildman–Crippen MR) is 50.5 cm³/mol. The van der Waals surface area contributed by atoms with Crippen molar-refractivity contribution in [3.05, 3.63) is 29.3 Å². The third kappa shape index (κ3) is 2.57. The standard InChI is InChI=1S/C11H15O/c1-4-5-12-11-7-9(2)6-10(3)8-11/h6-7H,4-5H2,1-3H3. The second-order valence-corrected chi connectivity index (χ2v) is 3.05. The molecule has 1 radical (unpaired) electrons. The van der Waals surface area contributed by atoms with Gasteiger partial charge in [-0.25, -0.2) is 0 Å². The number of benzene rings is 1. The first-order valence-corrected chi connectivity index (χ1v) is 4.35. The van der Waals surface area contributed by atoms with Crippen LogP contribution in [0.15, 0.2) is 12.1 Å². The van der Waals surface area contributed by atoms with Crippen molar-refractivity contribution in [3.63, 3.8) is 0 Å². The highest BCUT2D eigenvalue weighted by Crippen LogP contribution is 2.15. The van der Waals surface area contributed by atoms with Crippen LogP contribution in [0.5, 0.6) is 5.75 Å². The zero-order valence-corrected chi connectivity index (χ0v) is 7.98. The summed E-state index contributed by atoms with van der Waals surface area (Å²) in [5.41, 5.74) is 2.37. The maximum atomic E-state index is 5.46. The summed E-state index contributed by atoms with van der Waals surface area (Å²) in [5, 5.41) is 0. The minimum Gasteiger partial charge on any atom is -0.493 e. The van der Waals surface area contributed by atoms with Gasteiger partial charge in [0.15, 0.2) is 0 Å². The molecule has 1 heteroatoms. The molecule has 0 fully saturated rings. The Balaban J connectivity index is 2.72. The van der Waals surface area contributed by atoms with Gasteiger partial charge in [-0.15, -0.1) is 0 Å². The lowest BCUT2D eigenvalue weighted by Gasteiger charge is -2.05. The molecule has 12 heavy (non-hydrogen) atoms. The zero-order valence-electron chi connectivity index (χ0n) is 7.98. The molecule has 0 aliphatic rings. The molecular weight excluding hydrogens is 148 g/mol. The second kappa shape index (κ2) is 4.15. The minimum atomic E-state index is 0.777. The Morgan fingerprint density at radius 3 is 2.67 bits per heavy atom. The summed E-state index contributed by atoms with van der Waals surface area (Å²) < 4.78 is 5.46. The molecule has 0 heterocycles. The molecule has 0 aromatic heterocycles. The lowest BCUT2D eigenvalue weighted by atomic mass is 10.1. The SMILES string of the molecule is CCCOc1[c]c(C)cc(C)c1. The van der Waals surface area contributed by atoms with Crippen LogP contribution in [0.2, 0.25) is 0 Å². The molecule has 0 aliphatic heterocycles. The highest BCUT2D eigenvalue weighted by atomic mass is 16.5. The van der Waals surface area contributed by atoms with Gasteiger partial charge in [0.25, 0.3) is 0 Å². The van der Waals surface area contributed by atoms with Gasteiger partial charge in [-0.3, -0.25) is 0 Å². The van der Waals surface area contributed by atoms with E-state index in [-0.39, 0.29) is 0 Å². The summed E-state index contributed by atoms with van der Waals surface area (Å²) >= 11 is 0. The molecule has 1 aromatic rings. The van der Waals surface area contributed by atoms with Crippen LogP contribution < -0.4 is 4.74 Å². The Morgan fingerprint density at radius 2 is 2.08 bits per heavy atom. The molecule has 1 rings (SSSR count).